The molecule has 0 unspecified atom stereocenters. The van der Waals surface area contributed by atoms with E-state index in [4.69, 9.17) is 16.3 Å². The Morgan fingerprint density at radius 3 is 2.62 bits per heavy atom. The molecule has 0 aliphatic carbocycles. The van der Waals surface area contributed by atoms with Crippen LogP contribution < -0.4 is 10.1 Å². The molecule has 0 amide bonds. The van der Waals surface area contributed by atoms with Gasteiger partial charge in [-0.25, -0.2) is 12.7 Å². The molecule has 32 heavy (non-hydrogen) atoms. The van der Waals surface area contributed by atoms with E-state index in [9.17, 15) is 13.2 Å². The second-order valence-electron chi connectivity index (χ2n) is 7.82. The second-order valence-corrected chi connectivity index (χ2v) is 10.3. The standard InChI is InChI=1S/C23H29ClN2O4S.ClH/c1-26(2)31(28,29)22-16-19(15-18-11-14-30-23(18)22)21(27)9-5-6-12-25-13-10-17-7-3-4-8-20(17)24;/h3-4,7-8,15-16,25H,5-6,9-14H2,1-2H3;1H. The van der Waals surface area contributed by atoms with E-state index < -0.39 is 10.0 Å². The maximum Gasteiger partial charge on any atom is 0.246 e. The fourth-order valence-corrected chi connectivity index (χ4v) is 4.87. The maximum atomic E-state index is 12.7. The summed E-state index contributed by atoms with van der Waals surface area (Å²) in [6.07, 6.45) is 3.46. The van der Waals surface area contributed by atoms with Gasteiger partial charge >= 0.3 is 0 Å². The Kier molecular flexibility index (Phi) is 9.98. The molecule has 2 aromatic rings. The summed E-state index contributed by atoms with van der Waals surface area (Å²) in [5, 5.41) is 4.16. The van der Waals surface area contributed by atoms with E-state index in [2.05, 4.69) is 5.32 Å². The van der Waals surface area contributed by atoms with E-state index in [-0.39, 0.29) is 23.1 Å². The SMILES string of the molecule is CN(C)S(=O)(=O)c1cc(C(=O)CCCCNCCc2ccccc2Cl)cc2c1OCC2.Cl. The topological polar surface area (TPSA) is 75.7 Å². The number of hydrogen-bond donors (Lipinski definition) is 1. The number of sulfonamides is 1. The third-order valence-electron chi connectivity index (χ3n) is 5.37. The number of ether oxygens (including phenoxy) is 1. The molecule has 176 valence electrons. The lowest BCUT2D eigenvalue weighted by Crippen LogP contribution is -2.23. The van der Waals surface area contributed by atoms with Crippen LogP contribution in [0.15, 0.2) is 41.3 Å². The third kappa shape index (κ3) is 6.45. The summed E-state index contributed by atoms with van der Waals surface area (Å²) in [4.78, 5) is 12.8. The van der Waals surface area contributed by atoms with Gasteiger partial charge in [-0.2, -0.15) is 0 Å². The summed E-state index contributed by atoms with van der Waals surface area (Å²) >= 11 is 6.16. The molecular formula is C23H30Cl2N2O4S. The van der Waals surface area contributed by atoms with Crippen LogP contribution in [0.3, 0.4) is 0 Å². The van der Waals surface area contributed by atoms with Gasteiger partial charge in [0, 0.05) is 37.5 Å². The number of unbranched alkanes of at least 4 members (excludes halogenated alkanes) is 1. The van der Waals surface area contributed by atoms with Crippen molar-refractivity contribution in [3.63, 3.8) is 0 Å². The number of rotatable bonds is 11. The molecule has 2 aromatic carbocycles. The summed E-state index contributed by atoms with van der Waals surface area (Å²) in [5.41, 5.74) is 2.35. The van der Waals surface area contributed by atoms with Crippen molar-refractivity contribution >= 4 is 39.8 Å². The van der Waals surface area contributed by atoms with Crippen LogP contribution >= 0.6 is 24.0 Å². The van der Waals surface area contributed by atoms with Gasteiger partial charge in [0.15, 0.2) is 5.78 Å². The lowest BCUT2D eigenvalue weighted by Gasteiger charge is -2.15. The van der Waals surface area contributed by atoms with Gasteiger partial charge in [0.1, 0.15) is 10.6 Å². The van der Waals surface area contributed by atoms with Gasteiger partial charge in [0.05, 0.1) is 6.61 Å². The Balaban J connectivity index is 0.00000363. The van der Waals surface area contributed by atoms with Crippen molar-refractivity contribution in [1.82, 2.24) is 9.62 Å². The molecule has 0 radical (unpaired) electrons. The van der Waals surface area contributed by atoms with E-state index in [0.717, 1.165) is 52.8 Å². The minimum absolute atomic E-state index is 0. The molecule has 1 aliphatic heterocycles. The quantitative estimate of drug-likeness (QED) is 0.370. The largest absolute Gasteiger partial charge is 0.492 e. The van der Waals surface area contributed by atoms with Gasteiger partial charge in [0.2, 0.25) is 10.0 Å². The van der Waals surface area contributed by atoms with E-state index in [1.165, 1.54) is 20.2 Å². The lowest BCUT2D eigenvalue weighted by atomic mass is 10.0. The van der Waals surface area contributed by atoms with Gasteiger partial charge < -0.3 is 10.1 Å². The Hall–Kier alpha value is -1.64. The first kappa shape index (κ1) is 26.6. The van der Waals surface area contributed by atoms with E-state index >= 15 is 0 Å². The number of ketones is 1. The highest BCUT2D eigenvalue weighted by Crippen LogP contribution is 2.35. The molecule has 0 saturated carbocycles. The van der Waals surface area contributed by atoms with Gasteiger partial charge in [-0.05, 0) is 61.7 Å². The predicted molar refractivity (Wildman–Crippen MR) is 130 cm³/mol. The average molecular weight is 501 g/mol. The van der Waals surface area contributed by atoms with Crippen LogP contribution in [0.1, 0.15) is 40.7 Å². The fourth-order valence-electron chi connectivity index (χ4n) is 3.55. The van der Waals surface area contributed by atoms with Gasteiger partial charge in [-0.3, -0.25) is 4.79 Å². The average Bonchev–Trinajstić information content (AvgIpc) is 3.21. The van der Waals surface area contributed by atoms with Crippen LogP contribution in [0, 0.1) is 0 Å². The van der Waals surface area contributed by atoms with Crippen LogP contribution in [0.2, 0.25) is 5.02 Å². The Bertz CT molecular complexity index is 1040. The smallest absolute Gasteiger partial charge is 0.246 e. The van der Waals surface area contributed by atoms with Crippen LogP contribution in [0.5, 0.6) is 5.75 Å². The molecule has 1 heterocycles. The first-order chi connectivity index (χ1) is 14.8. The molecule has 1 aliphatic rings. The highest BCUT2D eigenvalue weighted by Gasteiger charge is 2.29. The first-order valence-electron chi connectivity index (χ1n) is 10.5. The van der Waals surface area contributed by atoms with Crippen molar-refractivity contribution in [2.45, 2.75) is 37.0 Å². The number of hydrogen-bond acceptors (Lipinski definition) is 5. The third-order valence-corrected chi connectivity index (χ3v) is 7.56. The van der Waals surface area contributed by atoms with Crippen molar-refractivity contribution in [2.75, 3.05) is 33.8 Å². The predicted octanol–water partition coefficient (Wildman–Crippen LogP) is 4.13. The van der Waals surface area contributed by atoms with Gasteiger partial charge in [-0.1, -0.05) is 29.8 Å². The van der Waals surface area contributed by atoms with Crippen molar-refractivity contribution in [1.29, 1.82) is 0 Å². The summed E-state index contributed by atoms with van der Waals surface area (Å²) in [6, 6.07) is 11.1. The Morgan fingerprint density at radius 1 is 1.16 bits per heavy atom. The first-order valence-corrected chi connectivity index (χ1v) is 12.3. The summed E-state index contributed by atoms with van der Waals surface area (Å²) in [6.45, 7) is 2.08. The zero-order valence-electron chi connectivity index (χ0n) is 18.4. The number of fused-ring (bicyclic) bond motifs is 1. The van der Waals surface area contributed by atoms with Crippen LogP contribution in [-0.2, 0) is 22.9 Å². The van der Waals surface area contributed by atoms with Crippen LogP contribution in [0.4, 0.5) is 0 Å². The maximum absolute atomic E-state index is 12.7. The van der Waals surface area contributed by atoms with Crippen molar-refractivity contribution in [2.24, 2.45) is 0 Å². The highest BCUT2D eigenvalue weighted by molar-refractivity contribution is 7.89. The second kappa shape index (κ2) is 12.0. The van der Waals surface area contributed by atoms with Gasteiger partial charge in [-0.15, -0.1) is 12.4 Å². The van der Waals surface area contributed by atoms with Crippen LogP contribution in [-0.4, -0.2) is 52.3 Å². The summed E-state index contributed by atoms with van der Waals surface area (Å²) < 4.78 is 32.0. The molecule has 0 saturated heterocycles. The summed E-state index contributed by atoms with van der Waals surface area (Å²) in [5.74, 6) is 0.342. The molecule has 1 N–H and O–H groups in total. The molecule has 3 rings (SSSR count). The number of Topliss-reactive ketones (excluding diaryl/α,β-unsaturated/α-hetero) is 1. The Labute approximate surface area is 201 Å². The molecule has 0 spiro atoms. The molecular weight excluding hydrogens is 471 g/mol. The molecule has 0 aromatic heterocycles. The highest BCUT2D eigenvalue weighted by atomic mass is 35.5. The normalized spacial score (nSPS) is 12.9. The van der Waals surface area contributed by atoms with E-state index in [0.29, 0.717) is 30.8 Å². The van der Waals surface area contributed by atoms with Crippen molar-refractivity contribution < 1.29 is 17.9 Å². The number of halogens is 2. The minimum atomic E-state index is -3.68. The monoisotopic (exact) mass is 500 g/mol. The van der Waals surface area contributed by atoms with Gasteiger partial charge in [0.25, 0.3) is 0 Å². The molecule has 6 nitrogen and oxygen atoms in total. The zero-order chi connectivity index (χ0) is 22.4. The number of nitrogens with zero attached hydrogens (tertiary/aromatic N) is 1. The minimum Gasteiger partial charge on any atom is -0.492 e. The van der Waals surface area contributed by atoms with E-state index in [1.54, 1.807) is 6.07 Å². The van der Waals surface area contributed by atoms with Crippen molar-refractivity contribution in [3.05, 3.63) is 58.1 Å². The van der Waals surface area contributed by atoms with Crippen molar-refractivity contribution in [3.8, 4) is 5.75 Å². The Morgan fingerprint density at radius 2 is 1.91 bits per heavy atom. The number of carbonyl (C=O) groups is 1. The number of carbonyl (C=O) groups excluding carboxylic acids is 1. The zero-order valence-corrected chi connectivity index (χ0v) is 20.8. The summed E-state index contributed by atoms with van der Waals surface area (Å²) in [7, 11) is -0.731. The number of nitrogens with one attached hydrogen (secondary N) is 1. The number of benzene rings is 2. The molecule has 9 heteroatoms. The van der Waals surface area contributed by atoms with Crippen LogP contribution in [0.25, 0.3) is 0 Å². The molecule has 0 bridgehead atoms. The molecule has 0 atom stereocenters. The molecule has 0 fully saturated rings. The van der Waals surface area contributed by atoms with E-state index in [1.807, 2.05) is 24.3 Å². The fraction of sp³-hybridized carbons (Fsp3) is 0.435. The lowest BCUT2D eigenvalue weighted by molar-refractivity contribution is 0.0979.